The van der Waals surface area contributed by atoms with Crippen LogP contribution in [0.1, 0.15) is 74.1 Å². The van der Waals surface area contributed by atoms with Crippen molar-refractivity contribution in [3.8, 4) is 11.4 Å². The fraction of sp³-hybridized carbons (Fsp3) is 0.657. The fourth-order valence-electron chi connectivity index (χ4n) is 7.24. The van der Waals surface area contributed by atoms with Crippen LogP contribution in [-0.4, -0.2) is 110 Å². The van der Waals surface area contributed by atoms with Gasteiger partial charge in [-0.3, -0.25) is 19.4 Å². The zero-order chi connectivity index (χ0) is 35.4. The number of ether oxygens (including phenoxy) is 3. The number of methoxy groups -OCH3 is 1. The minimum absolute atomic E-state index is 0.0690. The van der Waals surface area contributed by atoms with E-state index >= 15 is 4.39 Å². The minimum Gasteiger partial charge on any atom is -0.455 e. The van der Waals surface area contributed by atoms with Gasteiger partial charge in [0.15, 0.2) is 5.60 Å². The maximum atomic E-state index is 16.1. The molecule has 2 aromatic heterocycles. The van der Waals surface area contributed by atoms with E-state index in [9.17, 15) is 14.4 Å². The van der Waals surface area contributed by atoms with Crippen molar-refractivity contribution in [3.05, 3.63) is 42.2 Å². The molecule has 0 unspecified atom stereocenters. The van der Waals surface area contributed by atoms with Gasteiger partial charge in [-0.05, 0) is 97.0 Å². The molecule has 0 spiro atoms. The van der Waals surface area contributed by atoms with Crippen molar-refractivity contribution >= 4 is 17.8 Å². The quantitative estimate of drug-likeness (QED) is 0.214. The summed E-state index contributed by atoms with van der Waals surface area (Å²) >= 11 is 0. The Bertz CT molecular complexity index is 1480. The summed E-state index contributed by atoms with van der Waals surface area (Å²) in [7, 11) is 3.54. The van der Waals surface area contributed by atoms with Crippen LogP contribution in [0.15, 0.2) is 42.2 Å². The average Bonchev–Trinajstić information content (AvgIpc) is 3.62. The average molecular weight is 671 g/mol. The number of alkyl halides is 1. The number of fused-ring (bicyclic) bond motifs is 1. The van der Waals surface area contributed by atoms with E-state index in [1.807, 2.05) is 45.3 Å². The number of pyridine rings is 1. The summed E-state index contributed by atoms with van der Waals surface area (Å²) in [5.41, 5.74) is -3.68. The number of carbonyl (C=O) groups is 3. The fourth-order valence-corrected chi connectivity index (χ4v) is 7.24. The topological polar surface area (TPSA) is 129 Å². The molecule has 2 aliphatic heterocycles. The summed E-state index contributed by atoms with van der Waals surface area (Å²) in [6, 6.07) is 4.81. The number of rotatable bonds is 8. The molecule has 0 aliphatic carbocycles. The highest BCUT2D eigenvalue weighted by Gasteiger charge is 2.59. The summed E-state index contributed by atoms with van der Waals surface area (Å²) in [6.45, 7) is 13.5. The number of ketones is 1. The molecular formula is C35H51FN6O6. The number of nitrogens with zero attached hydrogens (tertiary/aromatic N) is 6. The van der Waals surface area contributed by atoms with Gasteiger partial charge in [0.25, 0.3) is 5.67 Å². The molecule has 0 saturated carbocycles. The molecule has 264 valence electrons. The molecule has 1 saturated heterocycles. The van der Waals surface area contributed by atoms with Gasteiger partial charge in [-0.1, -0.05) is 25.1 Å². The van der Waals surface area contributed by atoms with Crippen LogP contribution < -0.4 is 0 Å². The summed E-state index contributed by atoms with van der Waals surface area (Å²) in [4.78, 5) is 48.5. The number of aryl methyl sites for hydroxylation is 1. The lowest BCUT2D eigenvalue weighted by Crippen LogP contribution is -2.61. The zero-order valence-corrected chi connectivity index (χ0v) is 29.7. The predicted molar refractivity (Wildman–Crippen MR) is 178 cm³/mol. The second kappa shape index (κ2) is 14.8. The maximum absolute atomic E-state index is 16.1. The molecule has 1 amide bonds. The number of hydrogen-bond donors (Lipinski definition) is 0. The first-order valence-corrected chi connectivity index (χ1v) is 16.8. The second-order valence-electron chi connectivity index (χ2n) is 13.9. The molecule has 1 fully saturated rings. The molecule has 48 heavy (non-hydrogen) atoms. The van der Waals surface area contributed by atoms with Crippen LogP contribution in [0.4, 0.5) is 9.18 Å². The molecule has 4 heterocycles. The smallest absolute Gasteiger partial charge is 0.410 e. The van der Waals surface area contributed by atoms with Gasteiger partial charge in [0.05, 0.1) is 23.5 Å². The third-order valence-corrected chi connectivity index (χ3v) is 9.89. The first kappa shape index (κ1) is 37.1. The third kappa shape index (κ3) is 7.78. The Kier molecular flexibility index (Phi) is 11.5. The Balaban J connectivity index is 1.60. The monoisotopic (exact) mass is 670 g/mol. The van der Waals surface area contributed by atoms with Crippen LogP contribution in [0, 0.1) is 5.92 Å². The number of likely N-dealkylation sites (N-methyl/N-ethyl adjacent to an activating group) is 1. The number of Topliss-reactive ketones (excluding diaryl/α,β-unsaturated/α-hetero) is 1. The van der Waals surface area contributed by atoms with Crippen LogP contribution in [0.5, 0.6) is 0 Å². The van der Waals surface area contributed by atoms with E-state index < -0.39 is 46.9 Å². The lowest BCUT2D eigenvalue weighted by Gasteiger charge is -2.43. The summed E-state index contributed by atoms with van der Waals surface area (Å²) in [5, 5.41) is 8.46. The van der Waals surface area contributed by atoms with Crippen molar-refractivity contribution in [1.82, 2.24) is 29.8 Å². The molecule has 0 bridgehead atoms. The van der Waals surface area contributed by atoms with Gasteiger partial charge in [-0.25, -0.2) is 14.0 Å². The Morgan fingerprint density at radius 2 is 1.79 bits per heavy atom. The van der Waals surface area contributed by atoms with E-state index in [4.69, 9.17) is 14.2 Å². The maximum Gasteiger partial charge on any atom is 0.410 e. The van der Waals surface area contributed by atoms with Crippen molar-refractivity contribution in [1.29, 1.82) is 0 Å². The minimum atomic E-state index is -2.96. The Hall–Kier alpha value is -3.71. The van der Waals surface area contributed by atoms with Gasteiger partial charge in [0, 0.05) is 39.0 Å². The standard InChI is InChI=1S/C35H51FN6O6/c1-10-28-35(7)29(42(32(45)48-35)18-14-13-17-41-22-27(38-39-41)26-15-11-12-16-37-26)25(4)40(8)21-23(2)19-33(5,46-9)20-24(3)30(43)34(6,36)31(44)47-28/h11-12,15-16,20,22-23,25,28-29H,10,13-14,17-19,21H2,1-9H3/b24-20+/t23-,25-,28-,29-,33-,34-,35-/m1/s1. The lowest BCUT2D eigenvalue weighted by molar-refractivity contribution is -0.178. The van der Waals surface area contributed by atoms with Crippen LogP contribution in [0.3, 0.4) is 0 Å². The van der Waals surface area contributed by atoms with Crippen molar-refractivity contribution < 1.29 is 33.0 Å². The Morgan fingerprint density at radius 1 is 1.08 bits per heavy atom. The predicted octanol–water partition coefficient (Wildman–Crippen LogP) is 5.03. The summed E-state index contributed by atoms with van der Waals surface area (Å²) < 4.78 is 35.5. The number of halogens is 1. The Morgan fingerprint density at radius 3 is 2.44 bits per heavy atom. The molecule has 0 aromatic carbocycles. The van der Waals surface area contributed by atoms with Gasteiger partial charge in [0.2, 0.25) is 5.78 Å². The number of allylic oxidation sites excluding steroid dienone is 1. The first-order chi connectivity index (χ1) is 22.6. The van der Waals surface area contributed by atoms with Gasteiger partial charge < -0.3 is 19.1 Å². The van der Waals surface area contributed by atoms with E-state index in [0.717, 1.165) is 12.6 Å². The summed E-state index contributed by atoms with van der Waals surface area (Å²) in [5.74, 6) is -2.23. The van der Waals surface area contributed by atoms with E-state index in [0.29, 0.717) is 44.6 Å². The van der Waals surface area contributed by atoms with Crippen molar-refractivity contribution in [2.24, 2.45) is 5.92 Å². The molecule has 0 radical (unpaired) electrons. The number of carbonyl (C=O) groups excluding carboxylic acids is 3. The number of amides is 1. The highest BCUT2D eigenvalue weighted by atomic mass is 19.1. The van der Waals surface area contributed by atoms with Crippen LogP contribution in [0.2, 0.25) is 0 Å². The second-order valence-corrected chi connectivity index (χ2v) is 13.9. The van der Waals surface area contributed by atoms with Crippen molar-refractivity contribution in [3.63, 3.8) is 0 Å². The van der Waals surface area contributed by atoms with E-state index in [-0.39, 0.29) is 24.0 Å². The summed E-state index contributed by atoms with van der Waals surface area (Å²) in [6.07, 6.45) is 5.70. The number of aromatic nitrogens is 4. The molecule has 12 nitrogen and oxygen atoms in total. The molecule has 2 aromatic rings. The zero-order valence-electron chi connectivity index (χ0n) is 29.7. The highest BCUT2D eigenvalue weighted by Crippen LogP contribution is 2.40. The van der Waals surface area contributed by atoms with Crippen LogP contribution in [0.25, 0.3) is 11.4 Å². The van der Waals surface area contributed by atoms with Gasteiger partial charge in [-0.15, -0.1) is 5.10 Å². The molecule has 2 aliphatic rings. The van der Waals surface area contributed by atoms with E-state index in [2.05, 4.69) is 27.1 Å². The van der Waals surface area contributed by atoms with Crippen LogP contribution in [-0.2, 0) is 30.3 Å². The SMILES string of the molecule is CC[C@H]1OC(=O)[C@](C)(F)C(=O)/C(C)=C/[C@](C)(OC)C[C@@H](C)CN(C)[C@H](C)[C@H]2N(CCCCn3cc(-c4ccccn4)nn3)C(=O)O[C@]12C. The van der Waals surface area contributed by atoms with Crippen molar-refractivity contribution in [2.75, 3.05) is 27.2 Å². The van der Waals surface area contributed by atoms with Crippen molar-refractivity contribution in [2.45, 2.75) is 116 Å². The first-order valence-electron chi connectivity index (χ1n) is 16.8. The largest absolute Gasteiger partial charge is 0.455 e. The lowest BCUT2D eigenvalue weighted by atomic mass is 9.83. The normalized spacial score (nSPS) is 33.7. The molecule has 7 atom stereocenters. The molecule has 0 N–H and O–H groups in total. The van der Waals surface area contributed by atoms with Crippen LogP contribution >= 0.6 is 0 Å². The molecule has 4 rings (SSSR count). The van der Waals surface area contributed by atoms with E-state index in [1.54, 1.807) is 42.8 Å². The number of cyclic esters (lactones) is 1. The number of hydrogen-bond acceptors (Lipinski definition) is 10. The van der Waals surface area contributed by atoms with Gasteiger partial charge in [0.1, 0.15) is 11.8 Å². The van der Waals surface area contributed by atoms with E-state index in [1.165, 1.54) is 6.92 Å². The Labute approximate surface area is 283 Å². The number of unbranched alkanes of at least 4 members (excludes halogenated alkanes) is 1. The number of esters is 1. The molecular weight excluding hydrogens is 619 g/mol. The van der Waals surface area contributed by atoms with Gasteiger partial charge in [-0.2, -0.15) is 0 Å². The van der Waals surface area contributed by atoms with Gasteiger partial charge >= 0.3 is 12.1 Å². The third-order valence-electron chi connectivity index (χ3n) is 9.89. The highest BCUT2D eigenvalue weighted by molar-refractivity contribution is 6.14. The molecule has 13 heteroatoms.